The third-order valence-corrected chi connectivity index (χ3v) is 5.50. The summed E-state index contributed by atoms with van der Waals surface area (Å²) in [6.45, 7) is 4.02. The van der Waals surface area contributed by atoms with E-state index in [1.807, 2.05) is 13.8 Å². The van der Waals surface area contributed by atoms with Crippen LogP contribution in [-0.2, 0) is 16.1 Å². The number of rotatable bonds is 10. The van der Waals surface area contributed by atoms with Crippen LogP contribution in [0.5, 0.6) is 0 Å². The monoisotopic (exact) mass is 478 g/mol. The van der Waals surface area contributed by atoms with E-state index in [0.717, 1.165) is 6.21 Å². The van der Waals surface area contributed by atoms with Gasteiger partial charge in [-0.3, -0.25) is 14.5 Å². The van der Waals surface area contributed by atoms with Crippen molar-refractivity contribution >= 4 is 41.2 Å². The molecule has 0 unspecified atom stereocenters. The first kappa shape index (κ1) is 25.7. The second kappa shape index (κ2) is 11.9. The molecule has 0 fully saturated rings. The van der Waals surface area contributed by atoms with Crippen molar-refractivity contribution in [2.45, 2.75) is 38.9 Å². The zero-order valence-corrected chi connectivity index (χ0v) is 20.0. The highest BCUT2D eigenvalue weighted by Gasteiger charge is 2.31. The molecule has 0 saturated heterocycles. The lowest BCUT2D eigenvalue weighted by molar-refractivity contribution is -0.132. The Morgan fingerprint density at radius 2 is 1.84 bits per heavy atom. The van der Waals surface area contributed by atoms with Gasteiger partial charge in [-0.05, 0) is 49.8 Å². The van der Waals surface area contributed by atoms with Gasteiger partial charge in [-0.1, -0.05) is 43.5 Å². The van der Waals surface area contributed by atoms with E-state index >= 15 is 0 Å². The van der Waals surface area contributed by atoms with Crippen LogP contribution in [0.4, 0.5) is 0 Å². The van der Waals surface area contributed by atoms with Crippen molar-refractivity contribution in [3.05, 3.63) is 57.6 Å². The molecular formula is C22H28Cl2N6O2. The molecule has 32 heavy (non-hydrogen) atoms. The quantitative estimate of drug-likeness (QED) is 0.453. The number of hydrogen-bond acceptors (Lipinski definition) is 6. The Bertz CT molecular complexity index is 949. The van der Waals surface area contributed by atoms with Crippen molar-refractivity contribution < 1.29 is 9.59 Å². The molecule has 0 aliphatic carbocycles. The highest BCUT2D eigenvalue weighted by atomic mass is 35.5. The molecule has 2 rings (SSSR count). The minimum Gasteiger partial charge on any atom is -0.349 e. The number of halogens is 2. The molecule has 1 aromatic carbocycles. The van der Waals surface area contributed by atoms with Crippen LogP contribution in [-0.4, -0.2) is 53.0 Å². The van der Waals surface area contributed by atoms with Crippen LogP contribution in [0.1, 0.15) is 43.4 Å². The lowest BCUT2D eigenvalue weighted by atomic mass is 9.97. The normalized spacial score (nSPS) is 13.8. The van der Waals surface area contributed by atoms with Crippen molar-refractivity contribution in [3.8, 4) is 0 Å². The number of benzene rings is 1. The number of nitrogens with zero attached hydrogens (tertiary/aromatic N) is 3. The average molecular weight is 479 g/mol. The summed E-state index contributed by atoms with van der Waals surface area (Å²) in [5, 5.41) is 13.8. The van der Waals surface area contributed by atoms with Crippen LogP contribution in [0.15, 0.2) is 30.5 Å². The summed E-state index contributed by atoms with van der Waals surface area (Å²) in [5.41, 5.74) is 1.20. The van der Waals surface area contributed by atoms with Gasteiger partial charge >= 0.3 is 0 Å². The first-order chi connectivity index (χ1) is 15.2. The molecule has 172 valence electrons. The van der Waals surface area contributed by atoms with Gasteiger partial charge < -0.3 is 16.0 Å². The number of nitrogens with one attached hydrogen (secondary N) is 3. The first-order valence-electron chi connectivity index (χ1n) is 10.2. The molecular weight excluding hydrogens is 451 g/mol. The average Bonchev–Trinajstić information content (AvgIpc) is 2.74. The molecule has 3 atom stereocenters. The molecule has 0 spiro atoms. The summed E-state index contributed by atoms with van der Waals surface area (Å²) in [7, 11) is 3.54. The van der Waals surface area contributed by atoms with Gasteiger partial charge in [0.25, 0.3) is 0 Å². The second-order valence-electron chi connectivity index (χ2n) is 7.71. The number of amides is 2. The van der Waals surface area contributed by atoms with Crippen molar-refractivity contribution in [2.75, 3.05) is 14.1 Å². The van der Waals surface area contributed by atoms with E-state index in [2.05, 4.69) is 20.6 Å². The van der Waals surface area contributed by atoms with Gasteiger partial charge in [-0.2, -0.15) is 0 Å². The van der Waals surface area contributed by atoms with Crippen LogP contribution in [0.3, 0.4) is 0 Å². The van der Waals surface area contributed by atoms with Crippen LogP contribution < -0.4 is 10.6 Å². The third kappa shape index (κ3) is 6.98. The zero-order valence-electron chi connectivity index (χ0n) is 18.5. The largest absolute Gasteiger partial charge is 0.349 e. The molecule has 0 bridgehead atoms. The number of aromatic nitrogens is 2. The zero-order chi connectivity index (χ0) is 23.8. The summed E-state index contributed by atoms with van der Waals surface area (Å²) in [6, 6.07) is 5.22. The highest BCUT2D eigenvalue weighted by molar-refractivity contribution is 6.34. The first-order valence-corrected chi connectivity index (χ1v) is 10.9. The lowest BCUT2D eigenvalue weighted by Gasteiger charge is -2.29. The minimum absolute atomic E-state index is 0.104. The van der Waals surface area contributed by atoms with Gasteiger partial charge in [0.1, 0.15) is 12.1 Å². The fraction of sp³-hybridized carbons (Fsp3) is 0.409. The summed E-state index contributed by atoms with van der Waals surface area (Å²) in [5.74, 6) is -0.490. The molecule has 0 aliphatic rings. The Morgan fingerprint density at radius 3 is 2.41 bits per heavy atom. The Hall–Kier alpha value is -2.55. The predicted octanol–water partition coefficient (Wildman–Crippen LogP) is 3.23. The third-order valence-electron chi connectivity index (χ3n) is 5.06. The Labute approximate surface area is 198 Å². The molecule has 1 heterocycles. The van der Waals surface area contributed by atoms with Crippen LogP contribution in [0.25, 0.3) is 0 Å². The smallest absolute Gasteiger partial charge is 0.243 e. The maximum atomic E-state index is 13.2. The number of carbonyl (C=O) groups excluding carboxylic acids is 2. The standard InChI is InChI=1S/C22H28Cl2N6O2/c1-5-13(2)19(21(31)27-12-17-6-7-26-18(11-25)28-17)29-22(32)20(30(3)4)14-8-15(23)10-16(24)9-14/h6-11,13,19-20,25H,5,12H2,1-4H3,(H,27,31)(H,29,32)/t13-,19-,20-/m0/s1. The van der Waals surface area contributed by atoms with Gasteiger partial charge in [0.2, 0.25) is 11.8 Å². The maximum absolute atomic E-state index is 13.2. The topological polar surface area (TPSA) is 111 Å². The molecule has 0 aliphatic heterocycles. The van der Waals surface area contributed by atoms with Crippen LogP contribution >= 0.6 is 23.2 Å². The summed E-state index contributed by atoms with van der Waals surface area (Å²) in [4.78, 5) is 36.0. The van der Waals surface area contributed by atoms with Crippen molar-refractivity contribution in [3.63, 3.8) is 0 Å². The highest BCUT2D eigenvalue weighted by Crippen LogP contribution is 2.26. The molecule has 8 nitrogen and oxygen atoms in total. The van der Waals surface area contributed by atoms with E-state index in [1.165, 1.54) is 6.20 Å². The fourth-order valence-corrected chi connectivity index (χ4v) is 3.76. The van der Waals surface area contributed by atoms with Gasteiger partial charge in [-0.15, -0.1) is 0 Å². The van der Waals surface area contributed by atoms with E-state index in [0.29, 0.717) is 27.7 Å². The van der Waals surface area contributed by atoms with E-state index in [1.54, 1.807) is 43.3 Å². The van der Waals surface area contributed by atoms with E-state index in [9.17, 15) is 9.59 Å². The van der Waals surface area contributed by atoms with Gasteiger partial charge in [-0.25, -0.2) is 9.97 Å². The fourth-order valence-electron chi connectivity index (χ4n) is 3.22. The molecule has 3 N–H and O–H groups in total. The molecule has 10 heteroatoms. The molecule has 2 amide bonds. The number of hydrogen-bond donors (Lipinski definition) is 3. The minimum atomic E-state index is -0.742. The number of likely N-dealkylation sites (N-methyl/N-ethyl adjacent to an activating group) is 1. The Kier molecular flexibility index (Phi) is 9.56. The van der Waals surface area contributed by atoms with Gasteiger partial charge in [0.15, 0.2) is 5.82 Å². The molecule has 2 aromatic rings. The van der Waals surface area contributed by atoms with E-state index in [-0.39, 0.29) is 30.1 Å². The summed E-state index contributed by atoms with van der Waals surface area (Å²) < 4.78 is 0. The summed E-state index contributed by atoms with van der Waals surface area (Å²) >= 11 is 12.3. The van der Waals surface area contributed by atoms with Crippen LogP contribution in [0.2, 0.25) is 10.0 Å². The van der Waals surface area contributed by atoms with Gasteiger partial charge in [0.05, 0.1) is 18.5 Å². The van der Waals surface area contributed by atoms with Gasteiger partial charge in [0, 0.05) is 16.2 Å². The van der Waals surface area contributed by atoms with Crippen LogP contribution in [0, 0.1) is 11.3 Å². The van der Waals surface area contributed by atoms with E-state index in [4.69, 9.17) is 28.6 Å². The SMILES string of the molecule is CC[C@H](C)[C@H](NC(=O)[C@H](c1cc(Cl)cc(Cl)c1)N(C)C)C(=O)NCc1ccnc(C=N)n1. The molecule has 0 radical (unpaired) electrons. The van der Waals surface area contributed by atoms with Crippen molar-refractivity contribution in [1.82, 2.24) is 25.5 Å². The molecule has 0 saturated carbocycles. The summed E-state index contributed by atoms with van der Waals surface area (Å²) in [6.07, 6.45) is 3.26. The Balaban J connectivity index is 2.19. The maximum Gasteiger partial charge on any atom is 0.243 e. The predicted molar refractivity (Wildman–Crippen MR) is 126 cm³/mol. The molecule has 1 aromatic heterocycles. The number of carbonyl (C=O) groups is 2. The Morgan fingerprint density at radius 1 is 1.19 bits per heavy atom. The van der Waals surface area contributed by atoms with Crippen molar-refractivity contribution in [2.24, 2.45) is 5.92 Å². The second-order valence-corrected chi connectivity index (χ2v) is 8.58. The lowest BCUT2D eigenvalue weighted by Crippen LogP contribution is -2.52. The van der Waals surface area contributed by atoms with Crippen molar-refractivity contribution in [1.29, 1.82) is 5.41 Å². The van der Waals surface area contributed by atoms with E-state index < -0.39 is 12.1 Å².